The largest absolute Gasteiger partial charge is 0.458 e. The summed E-state index contributed by atoms with van der Waals surface area (Å²) in [5.41, 5.74) is 2.01. The second kappa shape index (κ2) is 9.88. The molecule has 5 heterocycles. The lowest BCUT2D eigenvalue weighted by atomic mass is 9.86. The number of nitrogens with zero attached hydrogens (tertiary/aromatic N) is 4. The number of amides is 2. The van der Waals surface area contributed by atoms with Gasteiger partial charge < -0.3 is 33.7 Å². The summed E-state index contributed by atoms with van der Waals surface area (Å²) in [6.07, 6.45) is -0.225. The maximum Gasteiger partial charge on any atom is 0.415 e. The van der Waals surface area contributed by atoms with Gasteiger partial charge in [0.1, 0.15) is 12.4 Å². The van der Waals surface area contributed by atoms with Crippen LogP contribution in [0.2, 0.25) is 0 Å². The first-order valence-corrected chi connectivity index (χ1v) is 13.6. The zero-order chi connectivity index (χ0) is 29.1. The monoisotopic (exact) mass is 562 g/mol. The molecule has 2 amide bonds. The third-order valence-corrected chi connectivity index (χ3v) is 8.31. The van der Waals surface area contributed by atoms with Gasteiger partial charge in [0.25, 0.3) is 5.56 Å². The molecule has 0 bridgehead atoms. The smallest absolute Gasteiger partial charge is 0.415 e. The highest BCUT2D eigenvalue weighted by molar-refractivity contribution is 5.90. The number of aliphatic hydroxyl groups is 1. The highest BCUT2D eigenvalue weighted by atomic mass is 16.6. The lowest BCUT2D eigenvalue weighted by Crippen LogP contribution is -2.51. The third kappa shape index (κ3) is 4.12. The molecule has 2 aromatic heterocycles. The van der Waals surface area contributed by atoms with E-state index in [1.54, 1.807) is 40.7 Å². The van der Waals surface area contributed by atoms with Crippen molar-refractivity contribution in [3.63, 3.8) is 0 Å². The number of cyclic esters (lactones) is 1. The van der Waals surface area contributed by atoms with Crippen molar-refractivity contribution in [3.05, 3.63) is 56.9 Å². The lowest BCUT2D eigenvalue weighted by molar-refractivity contribution is -0.172. The number of hydrogen-bond donors (Lipinski definition) is 1. The predicted molar refractivity (Wildman–Crippen MR) is 145 cm³/mol. The Bertz CT molecular complexity index is 1670. The number of esters is 1. The number of pyridine rings is 2. The van der Waals surface area contributed by atoms with Crippen molar-refractivity contribution in [1.82, 2.24) is 19.4 Å². The highest BCUT2D eigenvalue weighted by Gasteiger charge is 2.45. The number of carbonyl (C=O) groups excluding carboxylic acids is 3. The average molecular weight is 563 g/mol. The molecule has 0 unspecified atom stereocenters. The minimum absolute atomic E-state index is 0.0718. The summed E-state index contributed by atoms with van der Waals surface area (Å²) in [7, 11) is 1.32. The molecular formula is C29H30N4O8. The van der Waals surface area contributed by atoms with Gasteiger partial charge in [-0.3, -0.25) is 4.79 Å². The average Bonchev–Trinajstić information content (AvgIpc) is 3.36. The Balaban J connectivity index is 1.33. The van der Waals surface area contributed by atoms with Crippen molar-refractivity contribution in [3.8, 4) is 17.1 Å². The Morgan fingerprint density at radius 3 is 2.41 bits per heavy atom. The number of rotatable bonds is 3. The molecule has 3 aliphatic heterocycles. The van der Waals surface area contributed by atoms with Gasteiger partial charge in [0, 0.05) is 42.7 Å². The summed E-state index contributed by atoms with van der Waals surface area (Å²) in [5, 5.41) is 11.9. The van der Waals surface area contributed by atoms with Gasteiger partial charge in [-0.1, -0.05) is 13.8 Å². The van der Waals surface area contributed by atoms with Gasteiger partial charge in [-0.2, -0.15) is 0 Å². The molecule has 0 spiro atoms. The molecule has 3 aromatic rings. The first-order chi connectivity index (χ1) is 19.7. The molecule has 1 aromatic carbocycles. The maximum atomic E-state index is 13.5. The molecule has 6 rings (SSSR count). The van der Waals surface area contributed by atoms with E-state index in [1.807, 2.05) is 6.92 Å². The molecule has 1 saturated heterocycles. The van der Waals surface area contributed by atoms with E-state index < -0.39 is 23.8 Å². The van der Waals surface area contributed by atoms with Crippen molar-refractivity contribution in [2.75, 3.05) is 33.3 Å². The molecule has 12 nitrogen and oxygen atoms in total. The Hall–Kier alpha value is -4.45. The number of aryl methyl sites for hydroxylation is 1. The number of carbonyl (C=O) groups is 3. The highest BCUT2D eigenvalue weighted by Crippen LogP contribution is 2.40. The van der Waals surface area contributed by atoms with Crippen LogP contribution in [-0.4, -0.2) is 75.9 Å². The quantitative estimate of drug-likeness (QED) is 0.373. The second-order valence-electron chi connectivity index (χ2n) is 10.4. The second-order valence-corrected chi connectivity index (χ2v) is 10.4. The van der Waals surface area contributed by atoms with Gasteiger partial charge in [-0.05, 0) is 42.7 Å². The summed E-state index contributed by atoms with van der Waals surface area (Å²) in [6, 6.07) is 6.92. The molecule has 3 aliphatic rings. The van der Waals surface area contributed by atoms with Crippen molar-refractivity contribution in [2.45, 2.75) is 45.4 Å². The molecule has 1 atom stereocenters. The van der Waals surface area contributed by atoms with E-state index >= 15 is 0 Å². The predicted octanol–water partition coefficient (Wildman–Crippen LogP) is 2.52. The lowest BCUT2D eigenvalue weighted by Gasteiger charge is -2.33. The Morgan fingerprint density at radius 2 is 1.76 bits per heavy atom. The van der Waals surface area contributed by atoms with Crippen LogP contribution < -0.4 is 10.3 Å². The fourth-order valence-corrected chi connectivity index (χ4v) is 5.97. The SMILES string of the molecule is CCc1c2c(nc3ccc(OC(=O)N4CCN(C(=O)OC)CC4)cc13)-c1cc3c(c(=O)n1C2)COC(=O)[C@]3(O)CC. The van der Waals surface area contributed by atoms with Crippen LogP contribution >= 0.6 is 0 Å². The number of hydrogen-bond acceptors (Lipinski definition) is 9. The molecule has 1 fully saturated rings. The fourth-order valence-electron chi connectivity index (χ4n) is 5.97. The minimum atomic E-state index is -1.89. The minimum Gasteiger partial charge on any atom is -0.458 e. The molecule has 0 radical (unpaired) electrons. The summed E-state index contributed by atoms with van der Waals surface area (Å²) in [4.78, 5) is 58.5. The van der Waals surface area contributed by atoms with Gasteiger partial charge in [-0.15, -0.1) is 0 Å². The first kappa shape index (κ1) is 26.8. The Morgan fingerprint density at radius 1 is 1.05 bits per heavy atom. The number of benzene rings is 1. The molecule has 0 aliphatic carbocycles. The zero-order valence-electron chi connectivity index (χ0n) is 23.1. The summed E-state index contributed by atoms with van der Waals surface area (Å²) in [5.74, 6) is -0.399. The van der Waals surface area contributed by atoms with Gasteiger partial charge in [0.2, 0.25) is 0 Å². The van der Waals surface area contributed by atoms with Crippen molar-refractivity contribution in [1.29, 1.82) is 0 Å². The first-order valence-electron chi connectivity index (χ1n) is 13.6. The zero-order valence-corrected chi connectivity index (χ0v) is 23.1. The van der Waals surface area contributed by atoms with Crippen molar-refractivity contribution < 1.29 is 33.7 Å². The molecule has 214 valence electrons. The molecule has 0 saturated carbocycles. The van der Waals surface area contributed by atoms with Crippen molar-refractivity contribution >= 4 is 29.1 Å². The number of fused-ring (bicyclic) bond motifs is 5. The van der Waals surface area contributed by atoms with Gasteiger partial charge in [-0.25, -0.2) is 19.4 Å². The van der Waals surface area contributed by atoms with E-state index in [1.165, 1.54) is 12.0 Å². The summed E-state index contributed by atoms with van der Waals surface area (Å²) >= 11 is 0. The Labute approximate surface area is 235 Å². The van der Waals surface area contributed by atoms with Crippen molar-refractivity contribution in [2.24, 2.45) is 0 Å². The maximum absolute atomic E-state index is 13.5. The standard InChI is InChI=1S/C29H30N4O8/c1-4-17-18-12-16(41-28(37)32-10-8-31(9-11-32)27(36)39-3)6-7-22(18)30-24-19(17)14-33-23(24)13-21-20(25(33)34)15-40-26(35)29(21,38)5-2/h6-7,12-13,38H,4-5,8-11,14-15H2,1-3H3/t29-/m0/s1. The third-order valence-electron chi connectivity index (χ3n) is 8.31. The van der Waals surface area contributed by atoms with Crippen LogP contribution in [0, 0.1) is 0 Å². The molecule has 12 heteroatoms. The fraction of sp³-hybridized carbons (Fsp3) is 0.414. The van der Waals surface area contributed by atoms with Gasteiger partial charge in [0.05, 0.1) is 36.1 Å². The summed E-state index contributed by atoms with van der Waals surface area (Å²) < 4.78 is 17.2. The van der Waals surface area contributed by atoms with E-state index in [2.05, 4.69) is 0 Å². The molecule has 41 heavy (non-hydrogen) atoms. The number of piperazine rings is 1. The summed E-state index contributed by atoms with van der Waals surface area (Å²) in [6.45, 7) is 5.15. The molecule has 1 N–H and O–H groups in total. The molecular weight excluding hydrogens is 532 g/mol. The van der Waals surface area contributed by atoms with Gasteiger partial charge in [0.15, 0.2) is 5.60 Å². The Kier molecular flexibility index (Phi) is 6.45. The van der Waals surface area contributed by atoms with Crippen LogP contribution in [0.1, 0.15) is 42.5 Å². The van der Waals surface area contributed by atoms with E-state index in [0.717, 1.165) is 16.5 Å². The van der Waals surface area contributed by atoms with Crippen LogP contribution in [0.25, 0.3) is 22.3 Å². The van der Waals surface area contributed by atoms with Crippen LogP contribution in [-0.2, 0) is 39.4 Å². The van der Waals surface area contributed by atoms with Gasteiger partial charge >= 0.3 is 18.2 Å². The topological polar surface area (TPSA) is 140 Å². The van der Waals surface area contributed by atoms with E-state index in [0.29, 0.717) is 55.3 Å². The van der Waals surface area contributed by atoms with Crippen LogP contribution in [0.15, 0.2) is 29.1 Å². The number of aromatic nitrogens is 2. The van der Waals surface area contributed by atoms with Crippen LogP contribution in [0.3, 0.4) is 0 Å². The van der Waals surface area contributed by atoms with E-state index in [-0.39, 0.29) is 36.3 Å². The van der Waals surface area contributed by atoms with E-state index in [4.69, 9.17) is 19.2 Å². The normalized spacial score (nSPS) is 19.4. The van der Waals surface area contributed by atoms with Crippen LogP contribution in [0.5, 0.6) is 5.75 Å². The number of methoxy groups -OCH3 is 1. The number of ether oxygens (including phenoxy) is 3. The van der Waals surface area contributed by atoms with E-state index in [9.17, 15) is 24.3 Å². The van der Waals surface area contributed by atoms with Crippen LogP contribution in [0.4, 0.5) is 9.59 Å².